The number of imidazole rings is 1. The van der Waals surface area contributed by atoms with E-state index < -0.39 is 10.0 Å². The number of nitrogens with two attached hydrogens (primary N) is 1. The van der Waals surface area contributed by atoms with Crippen molar-refractivity contribution in [2.75, 3.05) is 12.8 Å². The lowest BCUT2D eigenvalue weighted by Gasteiger charge is -2.17. The van der Waals surface area contributed by atoms with E-state index in [1.54, 1.807) is 24.5 Å². The Morgan fingerprint density at radius 1 is 1.47 bits per heavy atom. The fourth-order valence-corrected chi connectivity index (χ4v) is 3.36. The van der Waals surface area contributed by atoms with Crippen molar-refractivity contribution >= 4 is 31.6 Å². The van der Waals surface area contributed by atoms with Crippen molar-refractivity contribution in [3.63, 3.8) is 0 Å². The number of hydrogen-bond donors (Lipinski definition) is 2. The molecule has 1 aromatic carbocycles. The zero-order valence-corrected chi connectivity index (χ0v) is 12.6. The second kappa shape index (κ2) is 5.32. The number of halogens is 1. The molecular formula is C11H13BrN4O2S. The Labute approximate surface area is 119 Å². The molecule has 0 amide bonds. The van der Waals surface area contributed by atoms with Crippen LogP contribution in [0.3, 0.4) is 0 Å². The Bertz CT molecular complexity index is 670. The highest BCUT2D eigenvalue weighted by Crippen LogP contribution is 2.25. The summed E-state index contributed by atoms with van der Waals surface area (Å²) in [6.07, 6.45) is 3.21. The van der Waals surface area contributed by atoms with Gasteiger partial charge < -0.3 is 10.7 Å². The largest absolute Gasteiger partial charge is 0.398 e. The van der Waals surface area contributed by atoms with Crippen molar-refractivity contribution in [1.82, 2.24) is 14.3 Å². The minimum atomic E-state index is -3.65. The molecule has 1 aromatic heterocycles. The van der Waals surface area contributed by atoms with Crippen molar-refractivity contribution in [2.24, 2.45) is 0 Å². The van der Waals surface area contributed by atoms with Crippen LogP contribution in [-0.4, -0.2) is 29.7 Å². The molecule has 6 nitrogen and oxygen atoms in total. The maximum Gasteiger partial charge on any atom is 0.245 e. The first-order chi connectivity index (χ1) is 8.91. The zero-order chi connectivity index (χ0) is 14.0. The van der Waals surface area contributed by atoms with Crippen LogP contribution in [0.15, 0.2) is 40.0 Å². The van der Waals surface area contributed by atoms with E-state index in [0.29, 0.717) is 10.3 Å². The van der Waals surface area contributed by atoms with Crippen LogP contribution in [-0.2, 0) is 16.6 Å². The van der Waals surface area contributed by atoms with Gasteiger partial charge in [-0.15, -0.1) is 0 Å². The van der Waals surface area contributed by atoms with E-state index in [-0.39, 0.29) is 17.1 Å². The average molecular weight is 345 g/mol. The lowest BCUT2D eigenvalue weighted by atomic mass is 10.3. The molecule has 0 saturated carbocycles. The molecule has 2 aromatic rings. The number of sulfonamides is 1. The van der Waals surface area contributed by atoms with Gasteiger partial charge in [-0.3, -0.25) is 0 Å². The Hall–Kier alpha value is -1.38. The number of benzene rings is 1. The number of anilines is 1. The van der Waals surface area contributed by atoms with Crippen molar-refractivity contribution < 1.29 is 8.42 Å². The minimum absolute atomic E-state index is 0.0796. The molecule has 0 unspecified atom stereocenters. The van der Waals surface area contributed by atoms with E-state index in [1.807, 2.05) is 0 Å². The molecule has 19 heavy (non-hydrogen) atoms. The molecule has 1 heterocycles. The third kappa shape index (κ3) is 2.96. The molecule has 8 heteroatoms. The summed E-state index contributed by atoms with van der Waals surface area (Å²) in [5, 5.41) is 0. The number of nitrogen functional groups attached to an aromatic ring is 1. The van der Waals surface area contributed by atoms with Gasteiger partial charge in [0.15, 0.2) is 0 Å². The number of H-pyrrole nitrogens is 1. The molecule has 0 spiro atoms. The number of nitrogens with one attached hydrogen (secondary N) is 1. The van der Waals surface area contributed by atoms with E-state index >= 15 is 0 Å². The second-order valence-electron chi connectivity index (χ2n) is 3.98. The maximum absolute atomic E-state index is 12.4. The summed E-state index contributed by atoms with van der Waals surface area (Å²) in [5.74, 6) is 0.569. The maximum atomic E-state index is 12.4. The minimum Gasteiger partial charge on any atom is -0.398 e. The number of aromatic nitrogens is 2. The van der Waals surface area contributed by atoms with Gasteiger partial charge in [0.2, 0.25) is 10.0 Å². The van der Waals surface area contributed by atoms with Gasteiger partial charge >= 0.3 is 0 Å². The Morgan fingerprint density at radius 3 is 2.84 bits per heavy atom. The molecule has 2 rings (SSSR count). The molecule has 0 aliphatic carbocycles. The van der Waals surface area contributed by atoms with Crippen LogP contribution in [0.2, 0.25) is 0 Å². The summed E-state index contributed by atoms with van der Waals surface area (Å²) in [7, 11) is -2.17. The van der Waals surface area contributed by atoms with Crippen molar-refractivity contribution in [1.29, 1.82) is 0 Å². The van der Waals surface area contributed by atoms with Gasteiger partial charge in [0.1, 0.15) is 10.7 Å². The topological polar surface area (TPSA) is 92.1 Å². The number of hydrogen-bond acceptors (Lipinski definition) is 4. The Balaban J connectivity index is 2.33. The smallest absolute Gasteiger partial charge is 0.245 e. The summed E-state index contributed by atoms with van der Waals surface area (Å²) < 4.78 is 26.7. The quantitative estimate of drug-likeness (QED) is 0.823. The number of aromatic amines is 1. The zero-order valence-electron chi connectivity index (χ0n) is 10.2. The second-order valence-corrected chi connectivity index (χ2v) is 6.91. The third-order valence-electron chi connectivity index (χ3n) is 2.59. The first-order valence-electron chi connectivity index (χ1n) is 5.41. The Kier molecular flexibility index (Phi) is 3.93. The van der Waals surface area contributed by atoms with E-state index in [9.17, 15) is 8.42 Å². The first-order valence-corrected chi connectivity index (χ1v) is 7.64. The van der Waals surface area contributed by atoms with Gasteiger partial charge in [-0.05, 0) is 18.2 Å². The fourth-order valence-electron chi connectivity index (χ4n) is 1.58. The predicted octanol–water partition coefficient (Wildman–Crippen LogP) is 1.58. The van der Waals surface area contributed by atoms with Crippen LogP contribution >= 0.6 is 15.9 Å². The molecule has 0 aliphatic heterocycles. The van der Waals surface area contributed by atoms with Gasteiger partial charge in [0, 0.05) is 23.9 Å². The van der Waals surface area contributed by atoms with Crippen molar-refractivity contribution in [2.45, 2.75) is 11.4 Å². The predicted molar refractivity (Wildman–Crippen MR) is 75.8 cm³/mol. The number of nitrogens with zero attached hydrogens (tertiary/aromatic N) is 2. The average Bonchev–Trinajstić information content (AvgIpc) is 2.85. The molecule has 0 saturated heterocycles. The molecule has 0 atom stereocenters. The van der Waals surface area contributed by atoms with Crippen LogP contribution in [0.5, 0.6) is 0 Å². The summed E-state index contributed by atoms with van der Waals surface area (Å²) in [6, 6.07) is 4.74. The van der Waals surface area contributed by atoms with E-state index in [2.05, 4.69) is 25.9 Å². The van der Waals surface area contributed by atoms with Gasteiger partial charge in [-0.25, -0.2) is 13.4 Å². The van der Waals surface area contributed by atoms with Crippen LogP contribution in [0, 0.1) is 0 Å². The third-order valence-corrected chi connectivity index (χ3v) is 4.94. The summed E-state index contributed by atoms with van der Waals surface area (Å²) in [6.45, 7) is 0.154. The summed E-state index contributed by atoms with van der Waals surface area (Å²) >= 11 is 3.24. The van der Waals surface area contributed by atoms with Gasteiger partial charge in [-0.1, -0.05) is 15.9 Å². The van der Waals surface area contributed by atoms with Crippen LogP contribution in [0.25, 0.3) is 0 Å². The fraction of sp³-hybridized carbons (Fsp3) is 0.182. The van der Waals surface area contributed by atoms with Crippen LogP contribution in [0.4, 0.5) is 5.69 Å². The molecule has 0 bridgehead atoms. The van der Waals surface area contributed by atoms with E-state index in [4.69, 9.17) is 5.73 Å². The lowest BCUT2D eigenvalue weighted by molar-refractivity contribution is 0.458. The molecule has 102 valence electrons. The highest BCUT2D eigenvalue weighted by molar-refractivity contribution is 9.10. The molecular weight excluding hydrogens is 332 g/mol. The van der Waals surface area contributed by atoms with Crippen LogP contribution in [0.1, 0.15) is 5.82 Å². The van der Waals surface area contributed by atoms with Gasteiger partial charge in [-0.2, -0.15) is 4.31 Å². The SMILES string of the molecule is CN(Cc1ncc[nH]1)S(=O)(=O)c1cc(Br)ccc1N. The summed E-state index contributed by atoms with van der Waals surface area (Å²) in [4.78, 5) is 6.94. The molecule has 0 fully saturated rings. The number of rotatable bonds is 4. The lowest BCUT2D eigenvalue weighted by Crippen LogP contribution is -2.27. The van der Waals surface area contributed by atoms with E-state index in [0.717, 1.165) is 0 Å². The Morgan fingerprint density at radius 2 is 2.21 bits per heavy atom. The van der Waals surface area contributed by atoms with Crippen molar-refractivity contribution in [3.05, 3.63) is 40.9 Å². The highest BCUT2D eigenvalue weighted by atomic mass is 79.9. The normalized spacial score (nSPS) is 11.9. The van der Waals surface area contributed by atoms with Gasteiger partial charge in [0.05, 0.1) is 12.2 Å². The standard InChI is InChI=1S/C11H13BrN4O2S/c1-16(7-11-14-4-5-15-11)19(17,18)10-6-8(12)2-3-9(10)13/h2-6H,7,13H2,1H3,(H,14,15). The summed E-state index contributed by atoms with van der Waals surface area (Å²) in [5.41, 5.74) is 5.95. The molecule has 0 aliphatic rings. The van der Waals surface area contributed by atoms with Gasteiger partial charge in [0.25, 0.3) is 0 Å². The van der Waals surface area contributed by atoms with E-state index in [1.165, 1.54) is 17.4 Å². The van der Waals surface area contributed by atoms with Crippen LogP contribution < -0.4 is 5.73 Å². The molecule has 0 radical (unpaired) electrons. The first kappa shape index (κ1) is 14.0. The monoisotopic (exact) mass is 344 g/mol. The van der Waals surface area contributed by atoms with Crippen molar-refractivity contribution in [3.8, 4) is 0 Å². The molecule has 3 N–H and O–H groups in total. The highest BCUT2D eigenvalue weighted by Gasteiger charge is 2.24.